The van der Waals surface area contributed by atoms with Crippen molar-refractivity contribution in [2.45, 2.75) is 51.0 Å². The number of benzene rings is 1. The van der Waals surface area contributed by atoms with Crippen LogP contribution in [-0.4, -0.2) is 25.1 Å². The number of rotatable bonds is 7. The minimum Gasteiger partial charge on any atom is -0.493 e. The van der Waals surface area contributed by atoms with Gasteiger partial charge in [0.15, 0.2) is 0 Å². The minimum absolute atomic E-state index is 0.0556. The lowest BCUT2D eigenvalue weighted by molar-refractivity contribution is 0.0950. The quantitative estimate of drug-likeness (QED) is 0.812. The maximum absolute atomic E-state index is 12.1. The van der Waals surface area contributed by atoms with Crippen molar-refractivity contribution in [1.82, 2.24) is 5.32 Å². The summed E-state index contributed by atoms with van der Waals surface area (Å²) < 4.78 is 5.87. The highest BCUT2D eigenvalue weighted by Gasteiger charge is 2.28. The SMILES string of the molecule is NC(CNC(=O)c1ccc(OCC2CCCCC2)cc1)C1CC1. The average molecular weight is 316 g/mol. The van der Waals surface area contributed by atoms with E-state index in [0.29, 0.717) is 23.9 Å². The molecular formula is C19H28N2O2. The van der Waals surface area contributed by atoms with Crippen LogP contribution in [0.15, 0.2) is 24.3 Å². The summed E-state index contributed by atoms with van der Waals surface area (Å²) in [6, 6.07) is 7.52. The number of hydrogen-bond acceptors (Lipinski definition) is 3. The first-order valence-corrected chi connectivity index (χ1v) is 8.99. The van der Waals surface area contributed by atoms with E-state index in [4.69, 9.17) is 10.5 Å². The fourth-order valence-electron chi connectivity index (χ4n) is 3.27. The van der Waals surface area contributed by atoms with Gasteiger partial charge >= 0.3 is 0 Å². The Hall–Kier alpha value is -1.55. The Morgan fingerprint density at radius 1 is 1.13 bits per heavy atom. The van der Waals surface area contributed by atoms with Crippen LogP contribution in [0.5, 0.6) is 5.75 Å². The van der Waals surface area contributed by atoms with Gasteiger partial charge in [0.05, 0.1) is 6.61 Å². The van der Waals surface area contributed by atoms with E-state index in [9.17, 15) is 4.79 Å². The van der Waals surface area contributed by atoms with E-state index in [-0.39, 0.29) is 11.9 Å². The highest BCUT2D eigenvalue weighted by Crippen LogP contribution is 2.31. The predicted molar refractivity (Wildman–Crippen MR) is 91.5 cm³/mol. The molecule has 1 atom stereocenters. The number of ether oxygens (including phenoxy) is 1. The van der Waals surface area contributed by atoms with Crippen molar-refractivity contribution in [3.05, 3.63) is 29.8 Å². The van der Waals surface area contributed by atoms with Crippen LogP contribution in [0.2, 0.25) is 0 Å². The van der Waals surface area contributed by atoms with Crippen molar-refractivity contribution >= 4 is 5.91 Å². The van der Waals surface area contributed by atoms with Crippen molar-refractivity contribution in [1.29, 1.82) is 0 Å². The topological polar surface area (TPSA) is 64.3 Å². The van der Waals surface area contributed by atoms with Gasteiger partial charge in [0.1, 0.15) is 5.75 Å². The van der Waals surface area contributed by atoms with Crippen molar-refractivity contribution in [2.24, 2.45) is 17.6 Å². The molecule has 0 aliphatic heterocycles. The molecule has 4 heteroatoms. The summed E-state index contributed by atoms with van der Waals surface area (Å²) in [6.07, 6.45) is 8.98. The van der Waals surface area contributed by atoms with Crippen LogP contribution in [0.4, 0.5) is 0 Å². The lowest BCUT2D eigenvalue weighted by atomic mass is 9.90. The smallest absolute Gasteiger partial charge is 0.251 e. The second kappa shape index (κ2) is 7.82. The molecule has 2 saturated carbocycles. The Morgan fingerprint density at radius 2 is 1.83 bits per heavy atom. The molecule has 0 heterocycles. The second-order valence-corrected chi connectivity index (χ2v) is 7.05. The van der Waals surface area contributed by atoms with Gasteiger partial charge in [-0.15, -0.1) is 0 Å². The Kier molecular flexibility index (Phi) is 5.55. The molecule has 0 aromatic heterocycles. The number of carbonyl (C=O) groups excluding carboxylic acids is 1. The molecule has 3 rings (SSSR count). The number of hydrogen-bond donors (Lipinski definition) is 2. The van der Waals surface area contributed by atoms with Gasteiger partial charge < -0.3 is 15.8 Å². The molecule has 4 nitrogen and oxygen atoms in total. The van der Waals surface area contributed by atoms with E-state index in [0.717, 1.165) is 12.4 Å². The Labute approximate surface area is 138 Å². The summed E-state index contributed by atoms with van der Waals surface area (Å²) >= 11 is 0. The van der Waals surface area contributed by atoms with Crippen LogP contribution in [0.25, 0.3) is 0 Å². The lowest BCUT2D eigenvalue weighted by Gasteiger charge is -2.21. The standard InChI is InChI=1S/C19H28N2O2/c20-18(15-6-7-15)12-21-19(22)16-8-10-17(11-9-16)23-13-14-4-2-1-3-5-14/h8-11,14-15,18H,1-7,12-13,20H2,(H,21,22). The van der Waals surface area contributed by atoms with Crippen LogP contribution in [0.3, 0.4) is 0 Å². The number of nitrogens with one attached hydrogen (secondary N) is 1. The summed E-state index contributed by atoms with van der Waals surface area (Å²) in [5.74, 6) is 2.09. The molecule has 2 aliphatic carbocycles. The molecule has 1 aromatic rings. The molecule has 2 fully saturated rings. The van der Waals surface area contributed by atoms with Crippen LogP contribution >= 0.6 is 0 Å². The maximum atomic E-state index is 12.1. The third-order valence-corrected chi connectivity index (χ3v) is 5.05. The number of nitrogens with two attached hydrogens (primary N) is 1. The van der Waals surface area contributed by atoms with Crippen molar-refractivity contribution in [2.75, 3.05) is 13.2 Å². The normalized spacial score (nSPS) is 20.0. The average Bonchev–Trinajstić information content (AvgIpc) is 3.44. The van der Waals surface area contributed by atoms with Gasteiger partial charge in [0.25, 0.3) is 5.91 Å². The third kappa shape index (κ3) is 4.96. The minimum atomic E-state index is -0.0556. The first-order chi connectivity index (χ1) is 11.2. The molecule has 0 radical (unpaired) electrons. The molecular weight excluding hydrogens is 288 g/mol. The highest BCUT2D eigenvalue weighted by atomic mass is 16.5. The Morgan fingerprint density at radius 3 is 2.48 bits per heavy atom. The number of amides is 1. The van der Waals surface area contributed by atoms with Gasteiger partial charge in [-0.2, -0.15) is 0 Å². The zero-order chi connectivity index (χ0) is 16.1. The molecule has 0 saturated heterocycles. The monoisotopic (exact) mass is 316 g/mol. The number of carbonyl (C=O) groups is 1. The summed E-state index contributed by atoms with van der Waals surface area (Å²) in [7, 11) is 0. The molecule has 2 aliphatic rings. The second-order valence-electron chi connectivity index (χ2n) is 7.05. The summed E-state index contributed by atoms with van der Waals surface area (Å²) in [5, 5.41) is 2.92. The summed E-state index contributed by atoms with van der Waals surface area (Å²) in [6.45, 7) is 1.35. The molecule has 126 valence electrons. The van der Waals surface area contributed by atoms with Crippen LogP contribution in [0.1, 0.15) is 55.3 Å². The van der Waals surface area contributed by atoms with Crippen molar-refractivity contribution < 1.29 is 9.53 Å². The first-order valence-electron chi connectivity index (χ1n) is 8.99. The fraction of sp³-hybridized carbons (Fsp3) is 0.632. The Bertz CT molecular complexity index is 505. The summed E-state index contributed by atoms with van der Waals surface area (Å²) in [5.41, 5.74) is 6.67. The van der Waals surface area contributed by atoms with Gasteiger partial charge in [0.2, 0.25) is 0 Å². The highest BCUT2D eigenvalue weighted by molar-refractivity contribution is 5.94. The zero-order valence-electron chi connectivity index (χ0n) is 13.8. The molecule has 3 N–H and O–H groups in total. The van der Waals surface area contributed by atoms with Gasteiger partial charge in [-0.05, 0) is 61.8 Å². The van der Waals surface area contributed by atoms with E-state index in [1.54, 1.807) is 0 Å². The third-order valence-electron chi connectivity index (χ3n) is 5.05. The van der Waals surface area contributed by atoms with Crippen LogP contribution in [0, 0.1) is 11.8 Å². The van der Waals surface area contributed by atoms with Gasteiger partial charge in [-0.1, -0.05) is 19.3 Å². The van der Waals surface area contributed by atoms with Crippen LogP contribution in [-0.2, 0) is 0 Å². The van der Waals surface area contributed by atoms with Crippen LogP contribution < -0.4 is 15.8 Å². The molecule has 1 unspecified atom stereocenters. The van der Waals surface area contributed by atoms with E-state index < -0.39 is 0 Å². The zero-order valence-corrected chi connectivity index (χ0v) is 13.8. The fourth-order valence-corrected chi connectivity index (χ4v) is 3.27. The van der Waals surface area contributed by atoms with E-state index >= 15 is 0 Å². The van der Waals surface area contributed by atoms with Crippen molar-refractivity contribution in [3.8, 4) is 5.75 Å². The largest absolute Gasteiger partial charge is 0.493 e. The molecule has 0 bridgehead atoms. The molecule has 0 spiro atoms. The van der Waals surface area contributed by atoms with Gasteiger partial charge in [-0.3, -0.25) is 4.79 Å². The first kappa shape index (κ1) is 16.3. The predicted octanol–water partition coefficient (Wildman–Crippen LogP) is 3.11. The lowest BCUT2D eigenvalue weighted by Crippen LogP contribution is -2.38. The maximum Gasteiger partial charge on any atom is 0.251 e. The van der Waals surface area contributed by atoms with E-state index in [1.165, 1.54) is 44.9 Å². The molecule has 1 amide bonds. The van der Waals surface area contributed by atoms with E-state index in [2.05, 4.69) is 5.32 Å². The Balaban J connectivity index is 1.43. The van der Waals surface area contributed by atoms with Crippen molar-refractivity contribution in [3.63, 3.8) is 0 Å². The van der Waals surface area contributed by atoms with E-state index in [1.807, 2.05) is 24.3 Å². The molecule has 1 aromatic carbocycles. The van der Waals surface area contributed by atoms with Gasteiger partial charge in [-0.25, -0.2) is 0 Å². The summed E-state index contributed by atoms with van der Waals surface area (Å²) in [4.78, 5) is 12.1. The van der Waals surface area contributed by atoms with Gasteiger partial charge in [0, 0.05) is 18.2 Å². The molecule has 23 heavy (non-hydrogen) atoms.